The third-order valence-corrected chi connectivity index (χ3v) is 7.64. The Hall–Kier alpha value is -1.02. The van der Waals surface area contributed by atoms with E-state index in [1.54, 1.807) is 0 Å². The Morgan fingerprint density at radius 1 is 1.00 bits per heavy atom. The zero-order chi connectivity index (χ0) is 20.5. The monoisotopic (exact) mass is 480 g/mol. The third kappa shape index (κ3) is 4.75. The number of nitrogens with one attached hydrogen (secondary N) is 1. The van der Waals surface area contributed by atoms with Crippen LogP contribution in [0.25, 0.3) is 0 Å². The smallest absolute Gasteiger partial charge is 0.243 e. The Morgan fingerprint density at radius 2 is 1.64 bits per heavy atom. The highest BCUT2D eigenvalue weighted by Gasteiger charge is 2.33. The number of benzene rings is 2. The van der Waals surface area contributed by atoms with Crippen molar-refractivity contribution in [3.05, 3.63) is 56.5 Å². The summed E-state index contributed by atoms with van der Waals surface area (Å²) in [5.74, 6) is -0.836. The summed E-state index contributed by atoms with van der Waals surface area (Å²) in [7, 11) is -3.71. The maximum absolute atomic E-state index is 12.9. The van der Waals surface area contributed by atoms with Gasteiger partial charge in [-0.1, -0.05) is 46.4 Å². The summed E-state index contributed by atoms with van der Waals surface area (Å²) in [5.41, 5.74) is 0.332. The Labute approximate surface area is 183 Å². The lowest BCUT2D eigenvalue weighted by atomic mass is 9.98. The number of amides is 1. The van der Waals surface area contributed by atoms with Crippen LogP contribution < -0.4 is 5.32 Å². The molecule has 28 heavy (non-hydrogen) atoms. The van der Waals surface area contributed by atoms with Gasteiger partial charge in [-0.05, 0) is 49.2 Å². The highest BCUT2D eigenvalue weighted by Crippen LogP contribution is 2.33. The lowest BCUT2D eigenvalue weighted by molar-refractivity contribution is -0.120. The van der Waals surface area contributed by atoms with Gasteiger partial charge >= 0.3 is 0 Å². The molecule has 2 aromatic rings. The molecule has 150 valence electrons. The number of halogens is 4. The normalized spacial score (nSPS) is 18.1. The molecule has 0 bridgehead atoms. The Kier molecular flexibility index (Phi) is 6.80. The molecule has 1 saturated heterocycles. The van der Waals surface area contributed by atoms with E-state index in [4.69, 9.17) is 46.4 Å². The quantitative estimate of drug-likeness (QED) is 0.599. The maximum Gasteiger partial charge on any atom is 0.243 e. The number of carbonyl (C=O) groups is 1. The summed E-state index contributed by atoms with van der Waals surface area (Å²) in [6.07, 6.45) is 1.14. The fraction of sp³-hybridized carbons (Fsp3) is 0.278. The molecule has 1 atom stereocenters. The van der Waals surface area contributed by atoms with Gasteiger partial charge in [0.2, 0.25) is 15.9 Å². The summed E-state index contributed by atoms with van der Waals surface area (Å²) >= 11 is 23.8. The van der Waals surface area contributed by atoms with Gasteiger partial charge in [0.1, 0.15) is 0 Å². The van der Waals surface area contributed by atoms with Crippen molar-refractivity contribution in [2.24, 2.45) is 5.92 Å². The third-order valence-electron chi connectivity index (χ3n) is 4.47. The standard InChI is InChI=1S/C18H16Cl4N2O3S/c19-12-3-5-13(6-4-12)28(26,27)24-7-1-2-11(10-24)18(25)23-17-9-15(21)14(20)8-16(17)22/h3-6,8-9,11H,1-2,7,10H2,(H,23,25)/t11-/m0/s1. The van der Waals surface area contributed by atoms with E-state index in [0.29, 0.717) is 30.1 Å². The second-order valence-electron chi connectivity index (χ2n) is 6.39. The average Bonchev–Trinajstić information content (AvgIpc) is 2.66. The van der Waals surface area contributed by atoms with Gasteiger partial charge in [-0.2, -0.15) is 4.31 Å². The molecule has 0 aromatic heterocycles. The number of rotatable bonds is 4. The molecule has 0 spiro atoms. The molecule has 3 rings (SSSR count). The Balaban J connectivity index is 1.75. The van der Waals surface area contributed by atoms with Gasteiger partial charge in [-0.3, -0.25) is 4.79 Å². The molecule has 0 unspecified atom stereocenters. The molecule has 5 nitrogen and oxygen atoms in total. The topological polar surface area (TPSA) is 66.5 Å². The predicted molar refractivity (Wildman–Crippen MR) is 113 cm³/mol. The molecule has 1 aliphatic rings. The van der Waals surface area contributed by atoms with Gasteiger partial charge in [0.15, 0.2) is 0 Å². The molecule has 1 amide bonds. The van der Waals surface area contributed by atoms with Crippen molar-refractivity contribution in [2.75, 3.05) is 18.4 Å². The number of hydrogen-bond donors (Lipinski definition) is 1. The number of carbonyl (C=O) groups excluding carboxylic acids is 1. The summed E-state index contributed by atoms with van der Waals surface area (Å²) in [6, 6.07) is 8.87. The molecule has 10 heteroatoms. The highest BCUT2D eigenvalue weighted by molar-refractivity contribution is 7.89. The van der Waals surface area contributed by atoms with Crippen molar-refractivity contribution in [1.29, 1.82) is 0 Å². The molecule has 0 aliphatic carbocycles. The molecule has 1 N–H and O–H groups in total. The van der Waals surface area contributed by atoms with E-state index in [9.17, 15) is 13.2 Å². The van der Waals surface area contributed by atoms with Gasteiger partial charge in [0.25, 0.3) is 0 Å². The second kappa shape index (κ2) is 8.78. The summed E-state index contributed by atoms with van der Waals surface area (Å²) in [5, 5.41) is 3.96. The van der Waals surface area contributed by atoms with Crippen LogP contribution in [0.15, 0.2) is 41.3 Å². The first-order valence-electron chi connectivity index (χ1n) is 8.39. The van der Waals surface area contributed by atoms with E-state index in [0.717, 1.165) is 0 Å². The first-order valence-corrected chi connectivity index (χ1v) is 11.3. The van der Waals surface area contributed by atoms with Crippen LogP contribution in [-0.2, 0) is 14.8 Å². The lowest BCUT2D eigenvalue weighted by Crippen LogP contribution is -2.43. The summed E-state index contributed by atoms with van der Waals surface area (Å²) in [4.78, 5) is 12.8. The van der Waals surface area contributed by atoms with Gasteiger partial charge < -0.3 is 5.32 Å². The van der Waals surface area contributed by atoms with Crippen LogP contribution in [0.2, 0.25) is 20.1 Å². The average molecular weight is 482 g/mol. The fourth-order valence-electron chi connectivity index (χ4n) is 2.98. The zero-order valence-corrected chi connectivity index (χ0v) is 18.3. The SMILES string of the molecule is O=C(Nc1cc(Cl)c(Cl)cc1Cl)[C@H]1CCCN(S(=O)(=O)c2ccc(Cl)cc2)C1. The summed E-state index contributed by atoms with van der Waals surface area (Å²) in [6.45, 7) is 0.429. The van der Waals surface area contributed by atoms with Crippen LogP contribution >= 0.6 is 46.4 Å². The number of anilines is 1. The van der Waals surface area contributed by atoms with Crippen molar-refractivity contribution in [2.45, 2.75) is 17.7 Å². The fourth-order valence-corrected chi connectivity index (χ4v) is 5.23. The number of sulfonamides is 1. The Morgan fingerprint density at radius 3 is 2.32 bits per heavy atom. The van der Waals surface area contributed by atoms with E-state index >= 15 is 0 Å². The van der Waals surface area contributed by atoms with E-state index < -0.39 is 15.9 Å². The molecule has 0 saturated carbocycles. The van der Waals surface area contributed by atoms with Gasteiger partial charge in [0.05, 0.1) is 31.6 Å². The van der Waals surface area contributed by atoms with Crippen LogP contribution in [0.1, 0.15) is 12.8 Å². The molecular weight excluding hydrogens is 466 g/mol. The van der Waals surface area contributed by atoms with Crippen LogP contribution in [0.5, 0.6) is 0 Å². The maximum atomic E-state index is 12.9. The minimum Gasteiger partial charge on any atom is -0.324 e. The number of nitrogens with zero attached hydrogens (tertiary/aromatic N) is 1. The van der Waals surface area contributed by atoms with Gasteiger partial charge in [0, 0.05) is 18.1 Å². The van der Waals surface area contributed by atoms with Crippen LogP contribution in [0.3, 0.4) is 0 Å². The second-order valence-corrected chi connectivity index (χ2v) is 9.99. The van der Waals surface area contributed by atoms with Crippen LogP contribution in [0, 0.1) is 5.92 Å². The molecule has 2 aromatic carbocycles. The van der Waals surface area contributed by atoms with Crippen molar-refractivity contribution < 1.29 is 13.2 Å². The predicted octanol–water partition coefficient (Wildman–Crippen LogP) is 5.34. The first-order chi connectivity index (χ1) is 13.2. The number of hydrogen-bond acceptors (Lipinski definition) is 3. The zero-order valence-electron chi connectivity index (χ0n) is 14.5. The minimum absolute atomic E-state index is 0.0791. The van der Waals surface area contributed by atoms with Crippen molar-refractivity contribution in [1.82, 2.24) is 4.31 Å². The van der Waals surface area contributed by atoms with Gasteiger partial charge in [-0.25, -0.2) is 8.42 Å². The van der Waals surface area contributed by atoms with E-state index in [1.807, 2.05) is 0 Å². The lowest BCUT2D eigenvalue weighted by Gasteiger charge is -2.31. The summed E-state index contributed by atoms with van der Waals surface area (Å²) < 4.78 is 27.0. The molecule has 0 radical (unpaired) electrons. The molecular formula is C18H16Cl4N2O3S. The molecule has 1 fully saturated rings. The van der Waals surface area contributed by atoms with Crippen LogP contribution in [0.4, 0.5) is 5.69 Å². The van der Waals surface area contributed by atoms with Crippen molar-refractivity contribution >= 4 is 68.0 Å². The van der Waals surface area contributed by atoms with Gasteiger partial charge in [-0.15, -0.1) is 0 Å². The molecule has 1 aliphatic heterocycles. The first kappa shape index (κ1) is 21.7. The van der Waals surface area contributed by atoms with E-state index in [-0.39, 0.29) is 32.4 Å². The van der Waals surface area contributed by atoms with Crippen molar-refractivity contribution in [3.8, 4) is 0 Å². The van der Waals surface area contributed by atoms with Crippen LogP contribution in [-0.4, -0.2) is 31.7 Å². The molecule has 1 heterocycles. The van der Waals surface area contributed by atoms with E-state index in [1.165, 1.54) is 40.7 Å². The largest absolute Gasteiger partial charge is 0.324 e. The van der Waals surface area contributed by atoms with Crippen molar-refractivity contribution in [3.63, 3.8) is 0 Å². The highest BCUT2D eigenvalue weighted by atomic mass is 35.5. The Bertz CT molecular complexity index is 997. The van der Waals surface area contributed by atoms with E-state index in [2.05, 4.69) is 5.32 Å². The number of piperidine rings is 1. The minimum atomic E-state index is -3.71.